The van der Waals surface area contributed by atoms with Crippen molar-refractivity contribution in [3.63, 3.8) is 0 Å². The molecule has 0 aliphatic heterocycles. The maximum absolute atomic E-state index is 11.9. The van der Waals surface area contributed by atoms with Gasteiger partial charge in [0, 0.05) is 11.5 Å². The molecule has 14 heavy (non-hydrogen) atoms. The lowest BCUT2D eigenvalue weighted by Crippen LogP contribution is -2.07. The smallest absolute Gasteiger partial charge is 0.166 e. The molecule has 2 rings (SSSR count). The molecule has 0 saturated heterocycles. The highest BCUT2D eigenvalue weighted by Crippen LogP contribution is 2.28. The lowest BCUT2D eigenvalue weighted by molar-refractivity contribution is 0.0938. The van der Waals surface area contributed by atoms with Crippen molar-refractivity contribution in [1.82, 2.24) is 0 Å². The molecule has 0 fully saturated rings. The van der Waals surface area contributed by atoms with Crippen LogP contribution in [0.25, 0.3) is 0 Å². The first-order valence-electron chi connectivity index (χ1n) is 5.06. The Morgan fingerprint density at radius 2 is 2.21 bits per heavy atom. The first kappa shape index (κ1) is 9.20. The molecule has 1 aromatic carbocycles. The fourth-order valence-corrected chi connectivity index (χ4v) is 2.01. The van der Waals surface area contributed by atoms with Crippen LogP contribution in [-0.2, 0) is 6.42 Å². The second-order valence-corrected chi connectivity index (χ2v) is 3.73. The molecule has 1 heteroatoms. The van der Waals surface area contributed by atoms with Crippen molar-refractivity contribution in [1.29, 1.82) is 0 Å². The molecule has 1 aliphatic rings. The molecule has 1 unspecified atom stereocenters. The van der Waals surface area contributed by atoms with Gasteiger partial charge >= 0.3 is 0 Å². The Hall–Kier alpha value is -1.37. The zero-order valence-electron chi connectivity index (χ0n) is 8.36. The Labute approximate surface area is 84.5 Å². The molecular formula is C13H14O. The molecule has 0 aromatic heterocycles. The van der Waals surface area contributed by atoms with E-state index in [4.69, 9.17) is 0 Å². The van der Waals surface area contributed by atoms with Crippen molar-refractivity contribution >= 4 is 5.78 Å². The standard InChI is InChI=1S/C13H14O/c1-2-3-6-11-9-10-7-4-5-8-12(10)13(11)14/h2-5,7-8,11H,6,9H2,1H3/b3-2+. The van der Waals surface area contributed by atoms with E-state index in [1.165, 1.54) is 5.56 Å². The maximum atomic E-state index is 11.9. The van der Waals surface area contributed by atoms with Crippen LogP contribution in [0.2, 0.25) is 0 Å². The van der Waals surface area contributed by atoms with Crippen molar-refractivity contribution in [2.75, 3.05) is 0 Å². The monoisotopic (exact) mass is 186 g/mol. The van der Waals surface area contributed by atoms with Crippen LogP contribution in [0.15, 0.2) is 36.4 Å². The van der Waals surface area contributed by atoms with Crippen LogP contribution in [0, 0.1) is 5.92 Å². The lowest BCUT2D eigenvalue weighted by Gasteiger charge is -2.01. The number of fused-ring (bicyclic) bond motifs is 1. The number of carbonyl (C=O) groups excluding carboxylic acids is 1. The van der Waals surface area contributed by atoms with E-state index in [0.717, 1.165) is 18.4 Å². The molecule has 72 valence electrons. The molecule has 0 bridgehead atoms. The second kappa shape index (κ2) is 3.79. The molecular weight excluding hydrogens is 172 g/mol. The highest BCUT2D eigenvalue weighted by atomic mass is 16.1. The summed E-state index contributed by atoms with van der Waals surface area (Å²) in [6.45, 7) is 1.99. The van der Waals surface area contributed by atoms with Gasteiger partial charge in [-0.3, -0.25) is 4.79 Å². The third-order valence-electron chi connectivity index (χ3n) is 2.78. The molecule has 1 nitrogen and oxygen atoms in total. The Bertz CT molecular complexity index is 377. The maximum Gasteiger partial charge on any atom is 0.166 e. The summed E-state index contributed by atoms with van der Waals surface area (Å²) in [4.78, 5) is 11.9. The number of carbonyl (C=O) groups is 1. The largest absolute Gasteiger partial charge is 0.294 e. The van der Waals surface area contributed by atoms with Gasteiger partial charge in [-0.05, 0) is 25.3 Å². The third kappa shape index (κ3) is 1.50. The summed E-state index contributed by atoms with van der Waals surface area (Å²) in [5, 5.41) is 0. The molecule has 1 aliphatic carbocycles. The molecule has 0 heterocycles. The number of hydrogen-bond acceptors (Lipinski definition) is 1. The summed E-state index contributed by atoms with van der Waals surface area (Å²) >= 11 is 0. The van der Waals surface area contributed by atoms with E-state index in [-0.39, 0.29) is 5.92 Å². The van der Waals surface area contributed by atoms with Gasteiger partial charge in [-0.15, -0.1) is 0 Å². The number of Topliss-reactive ketones (excluding diaryl/α,β-unsaturated/α-hetero) is 1. The summed E-state index contributed by atoms with van der Waals surface area (Å²) in [6.07, 6.45) is 5.88. The second-order valence-electron chi connectivity index (χ2n) is 3.73. The molecule has 0 radical (unpaired) electrons. The van der Waals surface area contributed by atoms with Crippen LogP contribution in [0.4, 0.5) is 0 Å². The number of benzene rings is 1. The quantitative estimate of drug-likeness (QED) is 0.649. The number of hydrogen-bond donors (Lipinski definition) is 0. The van der Waals surface area contributed by atoms with Crippen LogP contribution in [0.3, 0.4) is 0 Å². The highest BCUT2D eigenvalue weighted by Gasteiger charge is 2.28. The SMILES string of the molecule is C/C=C/CC1Cc2ccccc2C1=O. The van der Waals surface area contributed by atoms with Crippen LogP contribution >= 0.6 is 0 Å². The molecule has 1 aromatic rings. The summed E-state index contributed by atoms with van der Waals surface area (Å²) in [5.41, 5.74) is 2.15. The average Bonchev–Trinajstić information content (AvgIpc) is 2.54. The Morgan fingerprint density at radius 1 is 1.43 bits per heavy atom. The van der Waals surface area contributed by atoms with E-state index in [1.54, 1.807) is 0 Å². The van der Waals surface area contributed by atoms with E-state index in [1.807, 2.05) is 31.2 Å². The van der Waals surface area contributed by atoms with Gasteiger partial charge in [0.2, 0.25) is 0 Å². The van der Waals surface area contributed by atoms with Crippen LogP contribution < -0.4 is 0 Å². The van der Waals surface area contributed by atoms with Crippen LogP contribution in [0.5, 0.6) is 0 Å². The zero-order valence-corrected chi connectivity index (χ0v) is 8.36. The highest BCUT2D eigenvalue weighted by molar-refractivity contribution is 6.02. The summed E-state index contributed by atoms with van der Waals surface area (Å²) in [6, 6.07) is 7.94. The molecule has 0 spiro atoms. The van der Waals surface area contributed by atoms with Crippen molar-refractivity contribution in [2.45, 2.75) is 19.8 Å². The van der Waals surface area contributed by atoms with E-state index < -0.39 is 0 Å². The van der Waals surface area contributed by atoms with Crippen LogP contribution in [-0.4, -0.2) is 5.78 Å². The zero-order chi connectivity index (χ0) is 9.97. The van der Waals surface area contributed by atoms with Crippen molar-refractivity contribution in [3.05, 3.63) is 47.5 Å². The summed E-state index contributed by atoms with van der Waals surface area (Å²) in [5.74, 6) is 0.502. The van der Waals surface area contributed by atoms with Gasteiger partial charge in [-0.25, -0.2) is 0 Å². The van der Waals surface area contributed by atoms with Gasteiger partial charge in [-0.1, -0.05) is 36.4 Å². The van der Waals surface area contributed by atoms with Crippen molar-refractivity contribution in [2.24, 2.45) is 5.92 Å². The first-order chi connectivity index (χ1) is 6.83. The normalized spacial score (nSPS) is 20.4. The molecule has 0 N–H and O–H groups in total. The molecule has 1 atom stereocenters. The lowest BCUT2D eigenvalue weighted by atomic mass is 10.0. The van der Waals surface area contributed by atoms with E-state index >= 15 is 0 Å². The molecule has 0 saturated carbocycles. The van der Waals surface area contributed by atoms with Gasteiger partial charge in [0.1, 0.15) is 0 Å². The van der Waals surface area contributed by atoms with E-state index in [0.29, 0.717) is 5.78 Å². The number of rotatable bonds is 2. The van der Waals surface area contributed by atoms with Gasteiger partial charge in [-0.2, -0.15) is 0 Å². The van der Waals surface area contributed by atoms with Crippen LogP contribution in [0.1, 0.15) is 29.3 Å². The Kier molecular flexibility index (Phi) is 2.49. The fraction of sp³-hybridized carbons (Fsp3) is 0.308. The average molecular weight is 186 g/mol. The minimum absolute atomic E-state index is 0.184. The Balaban J connectivity index is 2.21. The van der Waals surface area contributed by atoms with E-state index in [2.05, 4.69) is 12.1 Å². The fourth-order valence-electron chi connectivity index (χ4n) is 2.01. The van der Waals surface area contributed by atoms with Crippen molar-refractivity contribution < 1.29 is 4.79 Å². The first-order valence-corrected chi connectivity index (χ1v) is 5.06. The topological polar surface area (TPSA) is 17.1 Å². The third-order valence-corrected chi connectivity index (χ3v) is 2.78. The summed E-state index contributed by atoms with van der Waals surface area (Å²) in [7, 11) is 0. The predicted octanol–water partition coefficient (Wildman–Crippen LogP) is 3.01. The Morgan fingerprint density at radius 3 is 2.93 bits per heavy atom. The van der Waals surface area contributed by atoms with Gasteiger partial charge in [0.05, 0.1) is 0 Å². The minimum Gasteiger partial charge on any atom is -0.294 e. The van der Waals surface area contributed by atoms with Gasteiger partial charge in [0.25, 0.3) is 0 Å². The molecule has 0 amide bonds. The van der Waals surface area contributed by atoms with Crippen molar-refractivity contribution in [3.8, 4) is 0 Å². The number of ketones is 1. The summed E-state index contributed by atoms with van der Waals surface area (Å²) < 4.78 is 0. The van der Waals surface area contributed by atoms with Gasteiger partial charge < -0.3 is 0 Å². The number of allylic oxidation sites excluding steroid dienone is 2. The van der Waals surface area contributed by atoms with E-state index in [9.17, 15) is 4.79 Å². The predicted molar refractivity (Wildman–Crippen MR) is 57.4 cm³/mol. The minimum atomic E-state index is 0.184. The van der Waals surface area contributed by atoms with Gasteiger partial charge in [0.15, 0.2) is 5.78 Å².